The van der Waals surface area contributed by atoms with E-state index in [1.165, 1.54) is 16.8 Å². The van der Waals surface area contributed by atoms with Crippen molar-refractivity contribution in [2.24, 2.45) is 21.8 Å². The molecule has 3 aliphatic rings. The zero-order chi connectivity index (χ0) is 45.8. The second-order valence-corrected chi connectivity index (χ2v) is 16.9. The molecular weight excluding hydrogens is 837 g/mol. The normalized spacial score (nSPS) is 18.9. The number of carboxylic acid groups (broad SMARTS) is 2. The number of hydrogen-bond acceptors (Lipinski definition) is 9. The molecule has 2 atom stereocenters. The van der Waals surface area contributed by atoms with Gasteiger partial charge < -0.3 is 25.6 Å². The van der Waals surface area contributed by atoms with Crippen LogP contribution in [0, 0.1) is 38.0 Å². The Morgan fingerprint density at radius 2 is 1.39 bits per heavy atom. The highest BCUT2D eigenvalue weighted by molar-refractivity contribution is 6.36. The van der Waals surface area contributed by atoms with Crippen LogP contribution in [0.15, 0.2) is 63.3 Å². The first-order chi connectivity index (χ1) is 29.1. The van der Waals surface area contributed by atoms with Gasteiger partial charge in [-0.05, 0) is 76.6 Å². The van der Waals surface area contributed by atoms with Crippen LogP contribution in [-0.2, 0) is 22.6 Å². The van der Waals surface area contributed by atoms with Crippen LogP contribution < -0.4 is 21.1 Å². The molecule has 4 heterocycles. The van der Waals surface area contributed by atoms with Gasteiger partial charge in [-0.3, -0.25) is 24.1 Å². The summed E-state index contributed by atoms with van der Waals surface area (Å²) in [5.41, 5.74) is 1.48. The maximum absolute atomic E-state index is 12.5. The summed E-state index contributed by atoms with van der Waals surface area (Å²) in [5, 5.41) is 29.0. The minimum atomic E-state index is -1.03. The van der Waals surface area contributed by atoms with Crippen molar-refractivity contribution in [3.63, 3.8) is 0 Å². The van der Waals surface area contributed by atoms with Gasteiger partial charge in [-0.15, -0.1) is 11.5 Å². The van der Waals surface area contributed by atoms with E-state index in [0.717, 1.165) is 36.2 Å². The Bertz CT molecular complexity index is 2620. The summed E-state index contributed by atoms with van der Waals surface area (Å²) in [7, 11) is 0. The number of nitrogens with one attached hydrogen (secondary N) is 2. The van der Waals surface area contributed by atoms with Gasteiger partial charge in [0.1, 0.15) is 40.9 Å². The van der Waals surface area contributed by atoms with Crippen molar-refractivity contribution in [2.45, 2.75) is 92.3 Å². The van der Waals surface area contributed by atoms with Crippen LogP contribution >= 0.6 is 23.2 Å². The van der Waals surface area contributed by atoms with Gasteiger partial charge in [0.2, 0.25) is 0 Å². The van der Waals surface area contributed by atoms with Crippen LogP contribution in [0.2, 0.25) is 10.0 Å². The van der Waals surface area contributed by atoms with Gasteiger partial charge in [0.15, 0.2) is 0 Å². The largest absolute Gasteiger partial charge is 0.479 e. The maximum Gasteiger partial charge on any atom is 0.350 e. The van der Waals surface area contributed by atoms with Crippen LogP contribution in [0.25, 0.3) is 5.69 Å². The van der Waals surface area contributed by atoms with Crippen molar-refractivity contribution >= 4 is 58.6 Å². The van der Waals surface area contributed by atoms with E-state index in [4.69, 9.17) is 34.4 Å². The number of carboxylic acids is 2. The Morgan fingerprint density at radius 3 is 1.92 bits per heavy atom. The molecular formula is C45H49Cl2N7O8. The van der Waals surface area contributed by atoms with E-state index in [9.17, 15) is 34.2 Å². The van der Waals surface area contributed by atoms with Crippen LogP contribution in [0.3, 0.4) is 0 Å². The van der Waals surface area contributed by atoms with Gasteiger partial charge in [0.25, 0.3) is 11.8 Å². The number of nitrogens with zero attached hydrogens (tertiary/aromatic N) is 5. The van der Waals surface area contributed by atoms with Crippen LogP contribution in [0.5, 0.6) is 5.75 Å². The number of amides is 2. The number of fused-ring (bicyclic) bond motifs is 1. The average Bonchev–Trinajstić information content (AvgIpc) is 3.84. The number of aromatic nitrogens is 3. The fourth-order valence-electron chi connectivity index (χ4n) is 6.68. The Labute approximate surface area is 369 Å². The lowest BCUT2D eigenvalue weighted by molar-refractivity contribution is -0.125. The van der Waals surface area contributed by atoms with E-state index in [1.807, 2.05) is 47.6 Å². The van der Waals surface area contributed by atoms with Crippen molar-refractivity contribution in [3.05, 3.63) is 108 Å². The summed E-state index contributed by atoms with van der Waals surface area (Å²) in [4.78, 5) is 68.2. The molecule has 0 fully saturated rings. The van der Waals surface area contributed by atoms with E-state index < -0.39 is 23.0 Å². The van der Waals surface area contributed by atoms with Gasteiger partial charge in [-0.25, -0.2) is 14.4 Å². The van der Waals surface area contributed by atoms with E-state index in [2.05, 4.69) is 31.6 Å². The summed E-state index contributed by atoms with van der Waals surface area (Å²) in [6.07, 6.45) is 7.97. The predicted molar refractivity (Wildman–Crippen MR) is 237 cm³/mol. The molecule has 0 spiro atoms. The summed E-state index contributed by atoms with van der Waals surface area (Å²) >= 11 is 12.3. The molecule has 326 valence electrons. The fraction of sp³-hybridized carbons (Fsp3) is 0.378. The molecule has 0 aliphatic carbocycles. The van der Waals surface area contributed by atoms with E-state index in [0.29, 0.717) is 50.8 Å². The molecule has 1 aromatic heterocycles. The molecule has 15 nitrogen and oxygen atoms in total. The molecule has 0 saturated carbocycles. The van der Waals surface area contributed by atoms with Crippen LogP contribution in [0.4, 0.5) is 0 Å². The zero-order valence-corrected chi connectivity index (χ0v) is 37.2. The SMILES string of the molecule is C#CCOc1cc(-n2nc3n(c2=O)CCCC3)c(Cl)cc1Cl.Cc1ccc(C(=O)O)c(C2=NC(C)(C(C)C)C(=O)N2)c1.Cc1ccc(C2=NC(C)(C(C)C)C(=O)N2)c(C(=O)O)c1. The second-order valence-electron chi connectivity index (χ2n) is 16.1. The number of carbonyl (C=O) groups is 4. The Hall–Kier alpha value is -6.24. The lowest BCUT2D eigenvalue weighted by Crippen LogP contribution is -2.41. The summed E-state index contributed by atoms with van der Waals surface area (Å²) in [6, 6.07) is 13.2. The third-order valence-corrected chi connectivity index (χ3v) is 11.8. The third-order valence-electron chi connectivity index (χ3n) is 11.2. The number of rotatable bonds is 9. The standard InChI is InChI=1S/C15H13Cl2N3O2.2C15H18N2O3/c1-2-7-22-13-9-12(10(16)8-11(13)17)20-15(21)19-6-4-3-5-14(19)18-20;1-8(2)15(4)14(20)16-12(17-15)11-7-9(3)5-6-10(11)13(18)19;1-8(2)15(4)14(20)16-12(17-15)10-6-5-9(3)7-11(10)13(18)19/h1,8-9H,3-7H2;2*5-8H,1-4H3,(H,18,19)(H,16,17,20). The molecule has 4 aromatic rings. The molecule has 3 aliphatic heterocycles. The quantitative estimate of drug-likeness (QED) is 0.133. The van der Waals surface area contributed by atoms with E-state index in [-0.39, 0.29) is 47.1 Å². The fourth-order valence-corrected chi connectivity index (χ4v) is 7.19. The number of aryl methyl sites for hydroxylation is 3. The number of aliphatic imine (C=N–C) groups is 2. The van der Waals surface area contributed by atoms with E-state index >= 15 is 0 Å². The number of benzene rings is 3. The van der Waals surface area contributed by atoms with Crippen LogP contribution in [-0.4, -0.2) is 77.7 Å². The Kier molecular flexibility index (Phi) is 14.2. The van der Waals surface area contributed by atoms with Gasteiger partial charge in [-0.2, -0.15) is 4.68 Å². The number of halogens is 2. The monoisotopic (exact) mass is 885 g/mol. The lowest BCUT2D eigenvalue weighted by Gasteiger charge is -2.21. The lowest BCUT2D eigenvalue weighted by atomic mass is 9.89. The maximum atomic E-state index is 12.5. The molecule has 17 heteroatoms. The highest BCUT2D eigenvalue weighted by Crippen LogP contribution is 2.33. The summed E-state index contributed by atoms with van der Waals surface area (Å²) < 4.78 is 8.34. The van der Waals surface area contributed by atoms with Gasteiger partial charge in [0.05, 0.1) is 26.9 Å². The number of terminal acetylenes is 1. The molecule has 0 radical (unpaired) electrons. The van der Waals surface area contributed by atoms with Gasteiger partial charge >= 0.3 is 17.6 Å². The Balaban J connectivity index is 0.000000176. The topological polar surface area (TPSA) is 207 Å². The zero-order valence-electron chi connectivity index (χ0n) is 35.7. The molecule has 4 N–H and O–H groups in total. The molecule has 0 bridgehead atoms. The molecule has 0 saturated heterocycles. The van der Waals surface area contributed by atoms with Gasteiger partial charge in [-0.1, -0.05) is 86.1 Å². The van der Waals surface area contributed by atoms with Gasteiger partial charge in [0, 0.05) is 30.2 Å². The van der Waals surface area contributed by atoms with Crippen molar-refractivity contribution < 1.29 is 34.1 Å². The molecule has 2 unspecified atom stereocenters. The average molecular weight is 887 g/mol. The van der Waals surface area contributed by atoms with Crippen molar-refractivity contribution in [3.8, 4) is 23.8 Å². The molecule has 3 aromatic carbocycles. The number of ether oxygens (including phenoxy) is 1. The van der Waals surface area contributed by atoms with Crippen LogP contribution in [0.1, 0.15) is 103 Å². The molecule has 62 heavy (non-hydrogen) atoms. The predicted octanol–water partition coefficient (Wildman–Crippen LogP) is 6.66. The molecule has 7 rings (SSSR count). The highest BCUT2D eigenvalue weighted by Gasteiger charge is 2.43. The summed E-state index contributed by atoms with van der Waals surface area (Å²) in [5.74, 6) is 1.79. The number of carbonyl (C=O) groups excluding carboxylic acids is 2. The smallest absolute Gasteiger partial charge is 0.350 e. The van der Waals surface area contributed by atoms with Crippen molar-refractivity contribution in [2.75, 3.05) is 6.61 Å². The number of amidine groups is 2. The Morgan fingerprint density at radius 1 is 0.823 bits per heavy atom. The number of hydrogen-bond donors (Lipinski definition) is 4. The second kappa shape index (κ2) is 18.8. The third kappa shape index (κ3) is 9.61. The molecule has 2 amide bonds. The highest BCUT2D eigenvalue weighted by atomic mass is 35.5. The summed E-state index contributed by atoms with van der Waals surface area (Å²) in [6.45, 7) is 15.6. The van der Waals surface area contributed by atoms with Crippen molar-refractivity contribution in [1.82, 2.24) is 25.0 Å². The first kappa shape index (κ1) is 46.8. The van der Waals surface area contributed by atoms with Crippen molar-refractivity contribution in [1.29, 1.82) is 0 Å². The number of aromatic carboxylic acids is 2. The first-order valence-electron chi connectivity index (χ1n) is 19.9. The minimum absolute atomic E-state index is 0.0260. The van der Waals surface area contributed by atoms with E-state index in [1.54, 1.807) is 48.7 Å². The minimum Gasteiger partial charge on any atom is -0.479 e. The first-order valence-corrected chi connectivity index (χ1v) is 20.6.